The van der Waals surface area contributed by atoms with Gasteiger partial charge in [-0.15, -0.1) is 30.4 Å². The highest BCUT2D eigenvalue weighted by molar-refractivity contribution is 14.0. The summed E-state index contributed by atoms with van der Waals surface area (Å²) in [7, 11) is 1.72. The number of para-hydroxylation sites is 1. The first kappa shape index (κ1) is 15.6. The minimum absolute atomic E-state index is 0. The van der Waals surface area contributed by atoms with Crippen molar-refractivity contribution < 1.29 is 4.74 Å². The van der Waals surface area contributed by atoms with Crippen molar-refractivity contribution in [2.24, 2.45) is 4.99 Å². The Labute approximate surface area is 131 Å². The molecule has 102 valence electrons. The van der Waals surface area contributed by atoms with E-state index in [0.717, 1.165) is 12.2 Å². The fourth-order valence-electron chi connectivity index (χ4n) is 1.93. The zero-order valence-electron chi connectivity index (χ0n) is 10.8. The smallest absolute Gasteiger partial charge is 0.191 e. The van der Waals surface area contributed by atoms with Gasteiger partial charge in [-0.2, -0.15) is 0 Å². The first-order valence-corrected chi connectivity index (χ1v) is 5.96. The van der Waals surface area contributed by atoms with Crippen LogP contribution < -0.4 is 15.4 Å². The Hall–Kier alpha value is -1.42. The quantitative estimate of drug-likeness (QED) is 0.366. The molecule has 4 nitrogen and oxygen atoms in total. The normalized spacial score (nSPS) is 16.6. The molecule has 0 bridgehead atoms. The summed E-state index contributed by atoms with van der Waals surface area (Å²) in [5.41, 5.74) is 1.26. The molecule has 0 spiro atoms. The Balaban J connectivity index is 0.00000180. The van der Waals surface area contributed by atoms with Crippen LogP contribution in [0.5, 0.6) is 5.75 Å². The first-order valence-electron chi connectivity index (χ1n) is 5.96. The standard InChI is InChI=1S/C14H17N3O.HI/c1-3-8-16-14(15-2)17-10-12-9-11-6-4-5-7-13(11)18-12;/h1,4-7,12H,8-10H2,2H3,(H2,15,16,17);1H. The maximum absolute atomic E-state index is 5.82. The number of hydrogen-bond acceptors (Lipinski definition) is 2. The van der Waals surface area contributed by atoms with Gasteiger partial charge in [0, 0.05) is 13.5 Å². The van der Waals surface area contributed by atoms with Crippen LogP contribution in [0.25, 0.3) is 0 Å². The average Bonchev–Trinajstić information content (AvgIpc) is 2.81. The van der Waals surface area contributed by atoms with Gasteiger partial charge in [-0.1, -0.05) is 24.1 Å². The van der Waals surface area contributed by atoms with Crippen LogP contribution in [0.2, 0.25) is 0 Å². The van der Waals surface area contributed by atoms with Gasteiger partial charge < -0.3 is 15.4 Å². The fourth-order valence-corrected chi connectivity index (χ4v) is 1.93. The molecule has 19 heavy (non-hydrogen) atoms. The van der Waals surface area contributed by atoms with Gasteiger partial charge in [-0.05, 0) is 11.6 Å². The van der Waals surface area contributed by atoms with Crippen molar-refractivity contribution in [1.82, 2.24) is 10.6 Å². The lowest BCUT2D eigenvalue weighted by Gasteiger charge is -2.14. The van der Waals surface area contributed by atoms with Crippen molar-refractivity contribution >= 4 is 29.9 Å². The zero-order valence-corrected chi connectivity index (χ0v) is 13.2. The third-order valence-electron chi connectivity index (χ3n) is 2.79. The summed E-state index contributed by atoms with van der Waals surface area (Å²) < 4.78 is 5.82. The van der Waals surface area contributed by atoms with Gasteiger partial charge in [0.2, 0.25) is 0 Å². The van der Waals surface area contributed by atoms with Crippen LogP contribution in [0, 0.1) is 12.3 Å². The number of nitrogens with zero attached hydrogens (tertiary/aromatic N) is 1. The molecule has 0 radical (unpaired) electrons. The average molecular weight is 371 g/mol. The van der Waals surface area contributed by atoms with Gasteiger partial charge >= 0.3 is 0 Å². The predicted octanol–water partition coefficient (Wildman–Crippen LogP) is 1.41. The molecule has 1 aromatic carbocycles. The summed E-state index contributed by atoms with van der Waals surface area (Å²) in [6.07, 6.45) is 6.26. The van der Waals surface area contributed by atoms with Gasteiger partial charge in [0.05, 0.1) is 13.1 Å². The minimum Gasteiger partial charge on any atom is -0.488 e. The molecule has 0 fully saturated rings. The Morgan fingerprint density at radius 1 is 1.47 bits per heavy atom. The SMILES string of the molecule is C#CCNC(=NC)NCC1Cc2ccccc2O1.I. The summed E-state index contributed by atoms with van der Waals surface area (Å²) in [6, 6.07) is 8.12. The Bertz CT molecular complexity index is 457. The van der Waals surface area contributed by atoms with Crippen molar-refractivity contribution in [2.75, 3.05) is 20.1 Å². The second kappa shape index (κ2) is 7.89. The van der Waals surface area contributed by atoms with E-state index in [-0.39, 0.29) is 30.1 Å². The molecule has 2 N–H and O–H groups in total. The molecular formula is C14H18IN3O. The van der Waals surface area contributed by atoms with E-state index in [1.807, 2.05) is 18.2 Å². The molecule has 1 atom stereocenters. The van der Waals surface area contributed by atoms with E-state index in [9.17, 15) is 0 Å². The van der Waals surface area contributed by atoms with Crippen molar-refractivity contribution in [3.8, 4) is 18.1 Å². The maximum atomic E-state index is 5.82. The van der Waals surface area contributed by atoms with E-state index >= 15 is 0 Å². The third-order valence-corrected chi connectivity index (χ3v) is 2.79. The fraction of sp³-hybridized carbons (Fsp3) is 0.357. The number of aliphatic imine (C=N–C) groups is 1. The second-order valence-corrected chi connectivity index (χ2v) is 4.06. The van der Waals surface area contributed by atoms with Crippen LogP contribution >= 0.6 is 24.0 Å². The monoisotopic (exact) mass is 371 g/mol. The summed E-state index contributed by atoms with van der Waals surface area (Å²) in [5.74, 6) is 4.20. The highest BCUT2D eigenvalue weighted by Crippen LogP contribution is 2.27. The summed E-state index contributed by atoms with van der Waals surface area (Å²) >= 11 is 0. The molecule has 2 rings (SSSR count). The van der Waals surface area contributed by atoms with Gasteiger partial charge in [0.25, 0.3) is 0 Å². The van der Waals surface area contributed by atoms with E-state index in [1.165, 1.54) is 5.56 Å². The van der Waals surface area contributed by atoms with E-state index in [4.69, 9.17) is 11.2 Å². The molecule has 0 aliphatic carbocycles. The van der Waals surface area contributed by atoms with Crippen molar-refractivity contribution in [3.63, 3.8) is 0 Å². The van der Waals surface area contributed by atoms with Crippen LogP contribution in [0.15, 0.2) is 29.3 Å². The largest absolute Gasteiger partial charge is 0.488 e. The highest BCUT2D eigenvalue weighted by atomic mass is 127. The van der Waals surface area contributed by atoms with Gasteiger partial charge in [-0.25, -0.2) is 0 Å². The summed E-state index contributed by atoms with van der Waals surface area (Å²) in [5, 5.41) is 6.21. The van der Waals surface area contributed by atoms with E-state index in [2.05, 4.69) is 27.6 Å². The Kier molecular flexibility index (Phi) is 6.50. The van der Waals surface area contributed by atoms with E-state index in [0.29, 0.717) is 19.0 Å². The lowest BCUT2D eigenvalue weighted by molar-refractivity contribution is 0.235. The Morgan fingerprint density at radius 2 is 2.26 bits per heavy atom. The number of ether oxygens (including phenoxy) is 1. The van der Waals surface area contributed by atoms with Crippen LogP contribution in [-0.2, 0) is 6.42 Å². The number of benzene rings is 1. The molecule has 0 saturated heterocycles. The molecule has 1 aliphatic rings. The maximum Gasteiger partial charge on any atom is 0.191 e. The number of rotatable bonds is 3. The molecule has 1 unspecified atom stereocenters. The molecule has 5 heteroatoms. The molecule has 1 aromatic rings. The van der Waals surface area contributed by atoms with E-state index in [1.54, 1.807) is 7.05 Å². The summed E-state index contributed by atoms with van der Waals surface area (Å²) in [4.78, 5) is 4.08. The number of fused-ring (bicyclic) bond motifs is 1. The number of guanidine groups is 1. The zero-order chi connectivity index (χ0) is 12.8. The van der Waals surface area contributed by atoms with Crippen molar-refractivity contribution in [3.05, 3.63) is 29.8 Å². The topological polar surface area (TPSA) is 45.7 Å². The number of hydrogen-bond donors (Lipinski definition) is 2. The van der Waals surface area contributed by atoms with Crippen LogP contribution in [0.4, 0.5) is 0 Å². The molecule has 0 saturated carbocycles. The highest BCUT2D eigenvalue weighted by Gasteiger charge is 2.22. The third kappa shape index (κ3) is 4.31. The molecular weight excluding hydrogens is 353 g/mol. The Morgan fingerprint density at radius 3 is 2.95 bits per heavy atom. The van der Waals surface area contributed by atoms with Gasteiger partial charge in [0.1, 0.15) is 11.9 Å². The first-order chi connectivity index (χ1) is 8.83. The number of halogens is 1. The lowest BCUT2D eigenvalue weighted by Crippen LogP contribution is -2.42. The lowest BCUT2D eigenvalue weighted by atomic mass is 10.1. The van der Waals surface area contributed by atoms with Crippen LogP contribution in [-0.4, -0.2) is 32.2 Å². The van der Waals surface area contributed by atoms with Gasteiger partial charge in [-0.3, -0.25) is 4.99 Å². The molecule has 0 amide bonds. The molecule has 1 heterocycles. The molecule has 1 aliphatic heterocycles. The number of nitrogens with one attached hydrogen (secondary N) is 2. The second-order valence-electron chi connectivity index (χ2n) is 4.06. The number of terminal acetylenes is 1. The minimum atomic E-state index is 0. The van der Waals surface area contributed by atoms with Crippen LogP contribution in [0.1, 0.15) is 5.56 Å². The van der Waals surface area contributed by atoms with Crippen molar-refractivity contribution in [2.45, 2.75) is 12.5 Å². The predicted molar refractivity (Wildman–Crippen MR) is 88.2 cm³/mol. The summed E-state index contributed by atoms with van der Waals surface area (Å²) in [6.45, 7) is 1.17. The van der Waals surface area contributed by atoms with Gasteiger partial charge in [0.15, 0.2) is 5.96 Å². The molecule has 0 aromatic heterocycles. The van der Waals surface area contributed by atoms with E-state index < -0.39 is 0 Å². The van der Waals surface area contributed by atoms with Crippen LogP contribution in [0.3, 0.4) is 0 Å². The van der Waals surface area contributed by atoms with Crippen molar-refractivity contribution in [1.29, 1.82) is 0 Å².